The van der Waals surface area contributed by atoms with E-state index >= 15 is 0 Å². The van der Waals surface area contributed by atoms with E-state index in [1.807, 2.05) is 30.3 Å². The van der Waals surface area contributed by atoms with Gasteiger partial charge in [-0.1, -0.05) is 39.7 Å². The third-order valence-electron chi connectivity index (χ3n) is 3.44. The molecule has 0 radical (unpaired) electrons. The van der Waals surface area contributed by atoms with Gasteiger partial charge in [-0.25, -0.2) is 0 Å². The van der Waals surface area contributed by atoms with Crippen LogP contribution in [0.4, 0.5) is 0 Å². The summed E-state index contributed by atoms with van der Waals surface area (Å²) in [7, 11) is 3.29. The highest BCUT2D eigenvalue weighted by Gasteiger charge is 2.13. The van der Waals surface area contributed by atoms with Crippen molar-refractivity contribution in [3.05, 3.63) is 58.1 Å². The van der Waals surface area contributed by atoms with Gasteiger partial charge in [-0.3, -0.25) is 0 Å². The lowest BCUT2D eigenvalue weighted by atomic mass is 10.0. The third kappa shape index (κ3) is 3.92. The van der Waals surface area contributed by atoms with Crippen LogP contribution in [0, 0.1) is 6.92 Å². The Morgan fingerprint density at radius 1 is 1.05 bits per heavy atom. The first-order valence-corrected chi connectivity index (χ1v) is 7.95. The Kier molecular flexibility index (Phi) is 5.54. The molecule has 1 atom stereocenters. The van der Waals surface area contributed by atoms with Gasteiger partial charge in [0.15, 0.2) is 11.5 Å². The molecule has 0 aromatic heterocycles. The average Bonchev–Trinajstić information content (AvgIpc) is 2.49. The Morgan fingerprint density at radius 2 is 1.76 bits per heavy atom. The monoisotopic (exact) mass is 368 g/mol. The summed E-state index contributed by atoms with van der Waals surface area (Å²) >= 11 is 9.85. The molecule has 2 aromatic carbocycles. The number of alkyl halides is 1. The van der Waals surface area contributed by atoms with Gasteiger partial charge < -0.3 is 9.47 Å². The van der Waals surface area contributed by atoms with E-state index in [1.165, 1.54) is 16.7 Å². The molecule has 0 N–H and O–H groups in total. The maximum Gasteiger partial charge on any atom is 0.160 e. The van der Waals surface area contributed by atoms with Crippen molar-refractivity contribution in [2.75, 3.05) is 14.2 Å². The van der Waals surface area contributed by atoms with Gasteiger partial charge in [-0.05, 0) is 54.3 Å². The molecular formula is C17H18BrClO2. The van der Waals surface area contributed by atoms with Crippen LogP contribution in [0.15, 0.2) is 36.4 Å². The van der Waals surface area contributed by atoms with Crippen LogP contribution < -0.4 is 9.47 Å². The topological polar surface area (TPSA) is 18.5 Å². The van der Waals surface area contributed by atoms with E-state index in [9.17, 15) is 0 Å². The van der Waals surface area contributed by atoms with E-state index in [0.29, 0.717) is 0 Å². The molecule has 0 heterocycles. The van der Waals surface area contributed by atoms with E-state index in [2.05, 4.69) is 28.9 Å². The fraction of sp³-hybridized carbons (Fsp3) is 0.294. The minimum Gasteiger partial charge on any atom is -0.493 e. The van der Waals surface area contributed by atoms with Crippen molar-refractivity contribution in [2.45, 2.75) is 18.2 Å². The normalized spacial score (nSPS) is 12.0. The molecule has 0 fully saturated rings. The van der Waals surface area contributed by atoms with Crippen LogP contribution in [0.5, 0.6) is 11.5 Å². The predicted octanol–water partition coefficient (Wildman–Crippen LogP) is 5.34. The third-order valence-corrected chi connectivity index (χ3v) is 4.49. The number of halogens is 2. The molecule has 2 aromatic rings. The molecule has 0 saturated heterocycles. The quantitative estimate of drug-likeness (QED) is 0.662. The lowest BCUT2D eigenvalue weighted by molar-refractivity contribution is 0.354. The van der Waals surface area contributed by atoms with Gasteiger partial charge in [-0.15, -0.1) is 0 Å². The molecule has 1 unspecified atom stereocenters. The molecule has 2 rings (SSSR count). The first kappa shape index (κ1) is 16.2. The molecule has 4 heteroatoms. The maximum atomic E-state index is 6.09. The Labute approximate surface area is 139 Å². The molecule has 0 saturated carbocycles. The van der Waals surface area contributed by atoms with Crippen molar-refractivity contribution in [3.8, 4) is 11.5 Å². The largest absolute Gasteiger partial charge is 0.493 e. The van der Waals surface area contributed by atoms with E-state index in [0.717, 1.165) is 22.9 Å². The van der Waals surface area contributed by atoms with Crippen molar-refractivity contribution >= 4 is 27.5 Å². The van der Waals surface area contributed by atoms with Crippen LogP contribution in [0.25, 0.3) is 0 Å². The highest BCUT2D eigenvalue weighted by Crippen LogP contribution is 2.34. The summed E-state index contributed by atoms with van der Waals surface area (Å²) in [5, 5.41) is 0.757. The van der Waals surface area contributed by atoms with Gasteiger partial charge in [0.05, 0.1) is 14.2 Å². The molecule has 112 valence electrons. The highest BCUT2D eigenvalue weighted by molar-refractivity contribution is 9.09. The SMILES string of the molecule is COc1ccc(CC(Br)c2cc(Cl)ccc2C)cc1OC. The first-order valence-electron chi connectivity index (χ1n) is 6.66. The molecule has 21 heavy (non-hydrogen) atoms. The van der Waals surface area contributed by atoms with Crippen molar-refractivity contribution in [2.24, 2.45) is 0 Å². The Hall–Kier alpha value is -1.19. The number of aryl methyl sites for hydroxylation is 1. The molecule has 0 aliphatic rings. The molecular weight excluding hydrogens is 352 g/mol. The van der Waals surface area contributed by atoms with Gasteiger partial charge in [-0.2, -0.15) is 0 Å². The Bertz CT molecular complexity index is 628. The molecule has 2 nitrogen and oxygen atoms in total. The summed E-state index contributed by atoms with van der Waals surface area (Å²) in [5.74, 6) is 1.49. The standard InChI is InChI=1S/C17H18BrClO2/c1-11-4-6-13(19)10-14(11)15(18)8-12-5-7-16(20-2)17(9-12)21-3/h4-7,9-10,15H,8H2,1-3H3. The minimum absolute atomic E-state index is 0.203. The number of methoxy groups -OCH3 is 2. The molecule has 0 aliphatic heterocycles. The lowest BCUT2D eigenvalue weighted by Gasteiger charge is -2.15. The molecule has 0 spiro atoms. The predicted molar refractivity (Wildman–Crippen MR) is 91.1 cm³/mol. The van der Waals surface area contributed by atoms with Crippen molar-refractivity contribution < 1.29 is 9.47 Å². The fourth-order valence-corrected chi connectivity index (χ4v) is 3.32. The number of rotatable bonds is 5. The Balaban J connectivity index is 2.23. The number of benzene rings is 2. The summed E-state index contributed by atoms with van der Waals surface area (Å²) in [4.78, 5) is 0.203. The van der Waals surface area contributed by atoms with Crippen LogP contribution in [0.3, 0.4) is 0 Å². The van der Waals surface area contributed by atoms with Gasteiger partial charge in [0.1, 0.15) is 0 Å². The van der Waals surface area contributed by atoms with Crippen LogP contribution >= 0.6 is 27.5 Å². The second kappa shape index (κ2) is 7.19. The van der Waals surface area contributed by atoms with E-state index in [1.54, 1.807) is 14.2 Å². The van der Waals surface area contributed by atoms with E-state index in [4.69, 9.17) is 21.1 Å². The zero-order chi connectivity index (χ0) is 15.4. The maximum absolute atomic E-state index is 6.09. The number of ether oxygens (including phenoxy) is 2. The smallest absolute Gasteiger partial charge is 0.160 e. The lowest BCUT2D eigenvalue weighted by Crippen LogP contribution is -1.99. The molecule has 0 bridgehead atoms. The van der Waals surface area contributed by atoms with Crippen molar-refractivity contribution in [1.29, 1.82) is 0 Å². The summed E-state index contributed by atoms with van der Waals surface area (Å²) in [6.07, 6.45) is 0.849. The van der Waals surface area contributed by atoms with Gasteiger partial charge >= 0.3 is 0 Å². The molecule has 0 amide bonds. The summed E-state index contributed by atoms with van der Waals surface area (Å²) < 4.78 is 10.6. The average molecular weight is 370 g/mol. The minimum atomic E-state index is 0.203. The number of hydrogen-bond donors (Lipinski definition) is 0. The Morgan fingerprint density at radius 3 is 2.43 bits per heavy atom. The zero-order valence-electron chi connectivity index (χ0n) is 12.3. The van der Waals surface area contributed by atoms with E-state index < -0.39 is 0 Å². The van der Waals surface area contributed by atoms with Crippen molar-refractivity contribution in [3.63, 3.8) is 0 Å². The zero-order valence-corrected chi connectivity index (χ0v) is 14.7. The second-order valence-electron chi connectivity index (χ2n) is 4.86. The fourth-order valence-electron chi connectivity index (χ4n) is 2.27. The van der Waals surface area contributed by atoms with Crippen LogP contribution in [0.2, 0.25) is 5.02 Å². The summed E-state index contributed by atoms with van der Waals surface area (Å²) in [5.41, 5.74) is 3.60. The van der Waals surface area contributed by atoms with Crippen LogP contribution in [-0.2, 0) is 6.42 Å². The summed E-state index contributed by atoms with van der Waals surface area (Å²) in [6, 6.07) is 12.0. The second-order valence-corrected chi connectivity index (χ2v) is 6.40. The summed E-state index contributed by atoms with van der Waals surface area (Å²) in [6.45, 7) is 2.09. The van der Waals surface area contributed by atoms with Crippen LogP contribution in [0.1, 0.15) is 21.5 Å². The first-order chi connectivity index (χ1) is 10.0. The van der Waals surface area contributed by atoms with Crippen LogP contribution in [-0.4, -0.2) is 14.2 Å². The van der Waals surface area contributed by atoms with Gasteiger partial charge in [0, 0.05) is 9.85 Å². The highest BCUT2D eigenvalue weighted by atomic mass is 79.9. The molecule has 0 aliphatic carbocycles. The van der Waals surface area contributed by atoms with Crippen molar-refractivity contribution in [1.82, 2.24) is 0 Å². The van der Waals surface area contributed by atoms with E-state index in [-0.39, 0.29) is 4.83 Å². The van der Waals surface area contributed by atoms with Gasteiger partial charge in [0.25, 0.3) is 0 Å². The number of hydrogen-bond acceptors (Lipinski definition) is 2. The van der Waals surface area contributed by atoms with Gasteiger partial charge in [0.2, 0.25) is 0 Å².